The number of hydrogen-bond donors (Lipinski definition) is 2. The van der Waals surface area contributed by atoms with E-state index in [0.29, 0.717) is 6.54 Å². The van der Waals surface area contributed by atoms with Crippen molar-refractivity contribution in [3.63, 3.8) is 0 Å². The Kier molecular flexibility index (Phi) is 4.54. The van der Waals surface area contributed by atoms with Crippen molar-refractivity contribution in [1.29, 1.82) is 0 Å². The van der Waals surface area contributed by atoms with Crippen molar-refractivity contribution in [2.45, 2.75) is 37.4 Å². The Morgan fingerprint density at radius 2 is 2.00 bits per heavy atom. The van der Waals surface area contributed by atoms with Gasteiger partial charge >= 0.3 is 5.69 Å². The Morgan fingerprint density at radius 1 is 1.42 bits per heavy atom. The highest BCUT2D eigenvalue weighted by molar-refractivity contribution is 7.91. The molecular weight excluding hydrogens is 290 g/mol. The Labute approximate surface area is 116 Å². The first kappa shape index (κ1) is 15.9. The summed E-state index contributed by atoms with van der Waals surface area (Å²) >= 11 is 0.857. The number of rotatable bonds is 5. The summed E-state index contributed by atoms with van der Waals surface area (Å²) in [5, 5.41) is 13.9. The first-order valence-corrected chi connectivity index (χ1v) is 7.93. The van der Waals surface area contributed by atoms with Crippen molar-refractivity contribution in [1.82, 2.24) is 4.72 Å². The normalized spacial score (nSPS) is 12.4. The molecule has 0 fully saturated rings. The van der Waals surface area contributed by atoms with E-state index in [1.165, 1.54) is 0 Å². The molecule has 0 spiro atoms. The minimum absolute atomic E-state index is 0.0647. The molecule has 108 valence electrons. The third-order valence-corrected chi connectivity index (χ3v) is 5.24. The number of hydrogen-bond acceptors (Lipinski definition) is 6. The molecule has 0 unspecified atom stereocenters. The molecule has 0 saturated carbocycles. The van der Waals surface area contributed by atoms with Crippen molar-refractivity contribution >= 4 is 32.0 Å². The molecule has 7 nitrogen and oxygen atoms in total. The lowest BCUT2D eigenvalue weighted by atomic mass is 10.1. The zero-order chi connectivity index (χ0) is 14.8. The molecule has 0 aliphatic rings. The van der Waals surface area contributed by atoms with Crippen molar-refractivity contribution in [3.05, 3.63) is 16.2 Å². The predicted molar refractivity (Wildman–Crippen MR) is 75.2 cm³/mol. The summed E-state index contributed by atoms with van der Waals surface area (Å²) in [6.45, 7) is 7.38. The molecular formula is C10H17N3O4S2. The van der Waals surface area contributed by atoms with E-state index >= 15 is 0 Å². The topological polar surface area (TPSA) is 101 Å². The molecule has 0 aromatic carbocycles. The zero-order valence-electron chi connectivity index (χ0n) is 11.2. The van der Waals surface area contributed by atoms with E-state index < -0.39 is 20.5 Å². The molecule has 0 aliphatic heterocycles. The highest BCUT2D eigenvalue weighted by atomic mass is 32.2. The maximum Gasteiger partial charge on any atom is 0.304 e. The number of nitro groups is 1. The predicted octanol–water partition coefficient (Wildman–Crippen LogP) is 2.16. The molecule has 1 rings (SSSR count). The van der Waals surface area contributed by atoms with Gasteiger partial charge in [-0.1, -0.05) is 11.3 Å². The SMILES string of the molecule is CCNc1sc(S(=O)(=O)NC(C)(C)C)cc1[N+](=O)[O-]. The lowest BCUT2D eigenvalue weighted by Gasteiger charge is -2.19. The summed E-state index contributed by atoms with van der Waals surface area (Å²) in [5.41, 5.74) is -0.864. The minimum atomic E-state index is -3.75. The van der Waals surface area contributed by atoms with Gasteiger partial charge in [0, 0.05) is 18.2 Å². The molecule has 2 N–H and O–H groups in total. The number of sulfonamides is 1. The molecule has 0 atom stereocenters. The molecule has 1 aromatic heterocycles. The molecule has 0 bridgehead atoms. The van der Waals surface area contributed by atoms with Crippen LogP contribution in [0.15, 0.2) is 10.3 Å². The van der Waals surface area contributed by atoms with Gasteiger partial charge in [0.1, 0.15) is 4.21 Å². The highest BCUT2D eigenvalue weighted by Gasteiger charge is 2.28. The van der Waals surface area contributed by atoms with E-state index in [2.05, 4.69) is 10.0 Å². The molecule has 0 saturated heterocycles. The van der Waals surface area contributed by atoms with Gasteiger partial charge < -0.3 is 5.32 Å². The Balaban J connectivity index is 3.22. The van der Waals surface area contributed by atoms with Crippen LogP contribution in [0.2, 0.25) is 0 Å². The van der Waals surface area contributed by atoms with Crippen LogP contribution in [-0.4, -0.2) is 25.4 Å². The van der Waals surface area contributed by atoms with Crippen LogP contribution < -0.4 is 10.0 Å². The average Bonchev–Trinajstić information content (AvgIpc) is 2.59. The number of thiophene rings is 1. The second kappa shape index (κ2) is 5.43. The van der Waals surface area contributed by atoms with Crippen molar-refractivity contribution in [2.75, 3.05) is 11.9 Å². The fourth-order valence-electron chi connectivity index (χ4n) is 1.37. The second-order valence-corrected chi connectivity index (χ2v) is 7.88. The van der Waals surface area contributed by atoms with Crippen LogP contribution in [0.4, 0.5) is 10.7 Å². The van der Waals surface area contributed by atoms with Crippen LogP contribution in [0, 0.1) is 10.1 Å². The van der Waals surface area contributed by atoms with Gasteiger partial charge in [-0.25, -0.2) is 13.1 Å². The standard InChI is InChI=1S/C10H17N3O4S2/c1-5-11-9-7(13(14)15)6-8(18-9)19(16,17)12-10(2,3)4/h6,11-12H,5H2,1-4H3. The summed E-state index contributed by atoms with van der Waals surface area (Å²) in [7, 11) is -3.75. The average molecular weight is 307 g/mol. The van der Waals surface area contributed by atoms with Gasteiger partial charge in [-0.15, -0.1) is 0 Å². The van der Waals surface area contributed by atoms with Crippen molar-refractivity contribution in [2.24, 2.45) is 0 Å². The van der Waals surface area contributed by atoms with Crippen LogP contribution >= 0.6 is 11.3 Å². The number of anilines is 1. The van der Waals surface area contributed by atoms with Gasteiger partial charge in [-0.3, -0.25) is 10.1 Å². The number of nitrogens with one attached hydrogen (secondary N) is 2. The largest absolute Gasteiger partial charge is 0.372 e. The minimum Gasteiger partial charge on any atom is -0.372 e. The molecule has 19 heavy (non-hydrogen) atoms. The smallest absolute Gasteiger partial charge is 0.304 e. The van der Waals surface area contributed by atoms with Crippen LogP contribution in [0.1, 0.15) is 27.7 Å². The van der Waals surface area contributed by atoms with E-state index in [1.54, 1.807) is 27.7 Å². The van der Waals surface area contributed by atoms with Crippen molar-refractivity contribution in [3.8, 4) is 0 Å². The molecule has 0 amide bonds. The van der Waals surface area contributed by atoms with E-state index in [0.717, 1.165) is 17.4 Å². The fraction of sp³-hybridized carbons (Fsp3) is 0.600. The summed E-state index contributed by atoms with van der Waals surface area (Å²) in [6, 6.07) is 1.08. The molecule has 9 heteroatoms. The van der Waals surface area contributed by atoms with Crippen LogP contribution in [0.25, 0.3) is 0 Å². The van der Waals surface area contributed by atoms with Gasteiger partial charge in [0.05, 0.1) is 4.92 Å². The molecule has 0 aliphatic carbocycles. The van der Waals surface area contributed by atoms with Crippen LogP contribution in [-0.2, 0) is 10.0 Å². The van der Waals surface area contributed by atoms with E-state index in [9.17, 15) is 18.5 Å². The monoisotopic (exact) mass is 307 g/mol. The molecule has 0 radical (unpaired) electrons. The third-order valence-electron chi connectivity index (χ3n) is 1.93. The Bertz CT molecular complexity index is 572. The summed E-state index contributed by atoms with van der Waals surface area (Å²) in [6.07, 6.45) is 0. The Morgan fingerprint density at radius 3 is 2.42 bits per heavy atom. The second-order valence-electron chi connectivity index (χ2n) is 4.92. The van der Waals surface area contributed by atoms with Crippen LogP contribution in [0.3, 0.4) is 0 Å². The molecule has 1 heterocycles. The van der Waals surface area contributed by atoms with Gasteiger partial charge in [0.2, 0.25) is 0 Å². The maximum atomic E-state index is 12.1. The summed E-state index contributed by atoms with van der Waals surface area (Å²) in [4.78, 5) is 10.3. The quantitative estimate of drug-likeness (QED) is 0.641. The zero-order valence-corrected chi connectivity index (χ0v) is 12.8. The maximum absolute atomic E-state index is 12.1. The summed E-state index contributed by atoms with van der Waals surface area (Å²) in [5.74, 6) is 0. The van der Waals surface area contributed by atoms with Crippen molar-refractivity contribution < 1.29 is 13.3 Å². The highest BCUT2D eigenvalue weighted by Crippen LogP contribution is 2.37. The van der Waals surface area contributed by atoms with Gasteiger partial charge in [-0.05, 0) is 27.7 Å². The molecule has 1 aromatic rings. The van der Waals surface area contributed by atoms with Gasteiger partial charge in [0.15, 0.2) is 5.00 Å². The Hall–Kier alpha value is -1.19. The lowest BCUT2D eigenvalue weighted by molar-refractivity contribution is -0.383. The van der Waals surface area contributed by atoms with E-state index in [-0.39, 0.29) is 14.9 Å². The van der Waals surface area contributed by atoms with Gasteiger partial charge in [0.25, 0.3) is 10.0 Å². The summed E-state index contributed by atoms with van der Waals surface area (Å²) < 4.78 is 26.6. The first-order valence-electron chi connectivity index (χ1n) is 5.63. The first-order chi connectivity index (χ1) is 8.57. The van der Waals surface area contributed by atoms with Crippen LogP contribution in [0.5, 0.6) is 0 Å². The van der Waals surface area contributed by atoms with E-state index in [1.807, 2.05) is 0 Å². The van der Waals surface area contributed by atoms with E-state index in [4.69, 9.17) is 0 Å². The fourth-order valence-corrected chi connectivity index (χ4v) is 4.18. The number of nitrogens with zero attached hydrogens (tertiary/aromatic N) is 1. The van der Waals surface area contributed by atoms with Gasteiger partial charge in [-0.2, -0.15) is 0 Å². The third kappa shape index (κ3) is 4.15. The lowest BCUT2D eigenvalue weighted by Crippen LogP contribution is -2.40.